The highest BCUT2D eigenvalue weighted by Gasteiger charge is 2.04. The fourth-order valence-electron chi connectivity index (χ4n) is 1.12. The van der Waals surface area contributed by atoms with Crippen LogP contribution in [0.3, 0.4) is 0 Å². The monoisotopic (exact) mass is 259 g/mol. The summed E-state index contributed by atoms with van der Waals surface area (Å²) in [5.41, 5.74) is 0. The van der Waals surface area contributed by atoms with Gasteiger partial charge in [0.05, 0.1) is 16.1 Å². The van der Waals surface area contributed by atoms with Crippen LogP contribution in [0.5, 0.6) is 0 Å². The van der Waals surface area contributed by atoms with Gasteiger partial charge >= 0.3 is 0 Å². The quantitative estimate of drug-likeness (QED) is 0.737. The number of thiophene rings is 1. The van der Waals surface area contributed by atoms with E-state index in [1.807, 2.05) is 24.4 Å². The van der Waals surface area contributed by atoms with Gasteiger partial charge in [-0.2, -0.15) is 0 Å². The topological polar surface area (TPSA) is 49.3 Å². The summed E-state index contributed by atoms with van der Waals surface area (Å²) in [4.78, 5) is 11.4. The van der Waals surface area contributed by atoms with E-state index in [1.54, 1.807) is 23.1 Å². The molecule has 2 N–H and O–H groups in total. The van der Waals surface area contributed by atoms with Crippen molar-refractivity contribution < 1.29 is 9.90 Å². The Kier molecular flexibility index (Phi) is 6.52. The molecule has 1 rings (SSSR count). The zero-order chi connectivity index (χ0) is 11.8. The van der Waals surface area contributed by atoms with E-state index >= 15 is 0 Å². The first-order valence-corrected chi connectivity index (χ1v) is 7.20. The Morgan fingerprint density at radius 3 is 3.12 bits per heavy atom. The minimum absolute atomic E-state index is 0.0294. The predicted octanol–water partition coefficient (Wildman–Crippen LogP) is 2.12. The van der Waals surface area contributed by atoms with E-state index in [-0.39, 0.29) is 12.0 Å². The fourth-order valence-corrected chi connectivity index (χ4v) is 2.73. The van der Waals surface area contributed by atoms with Crippen LogP contribution in [-0.2, 0) is 4.79 Å². The first kappa shape index (κ1) is 13.5. The summed E-state index contributed by atoms with van der Waals surface area (Å²) in [7, 11) is 0. The largest absolute Gasteiger partial charge is 0.393 e. The second kappa shape index (κ2) is 7.70. The summed E-state index contributed by atoms with van der Waals surface area (Å²) in [5.74, 6) is 0.477. The second-order valence-electron chi connectivity index (χ2n) is 3.42. The minimum Gasteiger partial charge on any atom is -0.393 e. The van der Waals surface area contributed by atoms with Gasteiger partial charge in [-0.05, 0) is 24.3 Å². The lowest BCUT2D eigenvalue weighted by Crippen LogP contribution is -2.28. The molecule has 1 aromatic rings. The highest BCUT2D eigenvalue weighted by atomic mass is 32.2. The van der Waals surface area contributed by atoms with E-state index in [1.165, 1.54) is 0 Å². The van der Waals surface area contributed by atoms with E-state index in [2.05, 4.69) is 5.32 Å². The zero-order valence-electron chi connectivity index (χ0n) is 9.31. The van der Waals surface area contributed by atoms with Gasteiger partial charge in [0.1, 0.15) is 0 Å². The average molecular weight is 259 g/mol. The van der Waals surface area contributed by atoms with E-state index in [9.17, 15) is 9.90 Å². The predicted molar refractivity (Wildman–Crippen MR) is 69.0 cm³/mol. The van der Waals surface area contributed by atoms with Gasteiger partial charge in [0, 0.05) is 6.54 Å². The molecule has 0 saturated heterocycles. The van der Waals surface area contributed by atoms with Crippen LogP contribution in [0.1, 0.15) is 19.8 Å². The van der Waals surface area contributed by atoms with E-state index in [4.69, 9.17) is 0 Å². The number of rotatable bonds is 7. The van der Waals surface area contributed by atoms with Crippen molar-refractivity contribution in [3.63, 3.8) is 0 Å². The molecule has 0 fully saturated rings. The van der Waals surface area contributed by atoms with Gasteiger partial charge in [0.25, 0.3) is 0 Å². The van der Waals surface area contributed by atoms with Crippen molar-refractivity contribution in [1.29, 1.82) is 0 Å². The fraction of sp³-hybridized carbons (Fsp3) is 0.545. The van der Waals surface area contributed by atoms with E-state index in [0.717, 1.165) is 10.6 Å². The van der Waals surface area contributed by atoms with Crippen LogP contribution in [0, 0.1) is 0 Å². The van der Waals surface area contributed by atoms with Gasteiger partial charge in [0.15, 0.2) is 0 Å². The van der Waals surface area contributed by atoms with Gasteiger partial charge in [-0.3, -0.25) is 4.79 Å². The molecule has 5 heteroatoms. The molecule has 0 aromatic carbocycles. The molecule has 1 heterocycles. The van der Waals surface area contributed by atoms with Crippen molar-refractivity contribution in [3.8, 4) is 0 Å². The Balaban J connectivity index is 2.07. The highest BCUT2D eigenvalue weighted by Crippen LogP contribution is 2.22. The van der Waals surface area contributed by atoms with E-state index < -0.39 is 0 Å². The molecule has 0 spiro atoms. The Morgan fingerprint density at radius 1 is 1.69 bits per heavy atom. The molecule has 0 aliphatic rings. The summed E-state index contributed by atoms with van der Waals surface area (Å²) in [6, 6.07) is 3.98. The third-order valence-electron chi connectivity index (χ3n) is 2.11. The van der Waals surface area contributed by atoms with Crippen LogP contribution in [0.4, 0.5) is 0 Å². The molecule has 1 amide bonds. The molecule has 1 unspecified atom stereocenters. The Bertz CT molecular complexity index is 301. The Morgan fingerprint density at radius 2 is 2.50 bits per heavy atom. The number of carbonyl (C=O) groups excluding carboxylic acids is 1. The highest BCUT2D eigenvalue weighted by molar-refractivity contribution is 8.01. The van der Waals surface area contributed by atoms with Crippen LogP contribution in [-0.4, -0.2) is 29.4 Å². The number of thioether (sulfide) groups is 1. The standard InChI is InChI=1S/C11H17NO2S2/c1-2-9(13)5-6-12-10(14)8-16-11-4-3-7-15-11/h3-4,7,9,13H,2,5-6,8H2,1H3,(H,12,14). The minimum atomic E-state index is -0.301. The van der Waals surface area contributed by atoms with Crippen LogP contribution in [0.15, 0.2) is 21.7 Å². The lowest BCUT2D eigenvalue weighted by Gasteiger charge is -2.08. The molecule has 3 nitrogen and oxygen atoms in total. The molecule has 1 aromatic heterocycles. The maximum atomic E-state index is 11.4. The normalized spacial score (nSPS) is 12.4. The van der Waals surface area contributed by atoms with E-state index in [0.29, 0.717) is 18.7 Å². The van der Waals surface area contributed by atoms with Gasteiger partial charge in [-0.15, -0.1) is 23.1 Å². The molecule has 0 aliphatic carbocycles. The molecule has 1 atom stereocenters. The molecular weight excluding hydrogens is 242 g/mol. The average Bonchev–Trinajstić information content (AvgIpc) is 2.79. The van der Waals surface area contributed by atoms with Crippen molar-refractivity contribution in [2.45, 2.75) is 30.1 Å². The molecule has 0 bridgehead atoms. The van der Waals surface area contributed by atoms with Crippen molar-refractivity contribution in [1.82, 2.24) is 5.32 Å². The molecule has 0 saturated carbocycles. The summed E-state index contributed by atoms with van der Waals surface area (Å²) in [5, 5.41) is 14.1. The van der Waals surface area contributed by atoms with Crippen molar-refractivity contribution in [2.24, 2.45) is 0 Å². The number of nitrogens with one attached hydrogen (secondary N) is 1. The van der Waals surface area contributed by atoms with Crippen LogP contribution >= 0.6 is 23.1 Å². The molecule has 0 aliphatic heterocycles. The number of aliphatic hydroxyl groups excluding tert-OH is 1. The number of hydrogen-bond donors (Lipinski definition) is 2. The molecular formula is C11H17NO2S2. The van der Waals surface area contributed by atoms with Crippen molar-refractivity contribution >= 4 is 29.0 Å². The number of carbonyl (C=O) groups is 1. The number of amides is 1. The lowest BCUT2D eigenvalue weighted by molar-refractivity contribution is -0.118. The van der Waals surface area contributed by atoms with Gasteiger partial charge in [-0.25, -0.2) is 0 Å². The molecule has 16 heavy (non-hydrogen) atoms. The first-order valence-electron chi connectivity index (χ1n) is 5.33. The summed E-state index contributed by atoms with van der Waals surface area (Å²) in [6.07, 6.45) is 1.07. The van der Waals surface area contributed by atoms with Crippen LogP contribution in [0.2, 0.25) is 0 Å². The number of aliphatic hydroxyl groups is 1. The van der Waals surface area contributed by atoms with Crippen molar-refractivity contribution in [2.75, 3.05) is 12.3 Å². The van der Waals surface area contributed by atoms with Gasteiger partial charge in [-0.1, -0.05) is 13.0 Å². The van der Waals surface area contributed by atoms with Gasteiger partial charge < -0.3 is 10.4 Å². The summed E-state index contributed by atoms with van der Waals surface area (Å²) in [6.45, 7) is 2.48. The third-order valence-corrected chi connectivity index (χ3v) is 4.24. The smallest absolute Gasteiger partial charge is 0.230 e. The second-order valence-corrected chi connectivity index (χ2v) is 5.64. The summed E-state index contributed by atoms with van der Waals surface area (Å²) < 4.78 is 1.16. The lowest BCUT2D eigenvalue weighted by atomic mass is 10.2. The first-order chi connectivity index (χ1) is 7.72. The SMILES string of the molecule is CCC(O)CCNC(=O)CSc1cccs1. The Hall–Kier alpha value is -0.520. The third kappa shape index (κ3) is 5.53. The summed E-state index contributed by atoms with van der Waals surface area (Å²) >= 11 is 3.18. The van der Waals surface area contributed by atoms with Gasteiger partial charge in [0.2, 0.25) is 5.91 Å². The molecule has 0 radical (unpaired) electrons. The zero-order valence-corrected chi connectivity index (χ0v) is 10.9. The Labute approximate surface area is 104 Å². The maximum absolute atomic E-state index is 11.4. The van der Waals surface area contributed by atoms with Crippen LogP contribution in [0.25, 0.3) is 0 Å². The van der Waals surface area contributed by atoms with Crippen molar-refractivity contribution in [3.05, 3.63) is 17.5 Å². The molecule has 90 valence electrons. The number of hydrogen-bond acceptors (Lipinski definition) is 4. The maximum Gasteiger partial charge on any atom is 0.230 e. The van der Waals surface area contributed by atoms with Crippen LogP contribution < -0.4 is 5.32 Å².